The molecule has 0 atom stereocenters. The smallest absolute Gasteiger partial charge is 0.272 e. The van der Waals surface area contributed by atoms with Crippen LogP contribution in [-0.4, -0.2) is 26.6 Å². The lowest BCUT2D eigenvalue weighted by Crippen LogP contribution is -2.27. The van der Waals surface area contributed by atoms with Gasteiger partial charge in [-0.3, -0.25) is 19.8 Å². The standard InChI is InChI=1S/C14H12N2O3S2/c1-3-6-15-13(17)12(21-14(15)20)8-10-5-4-9(2)11(7-10)16(18)19/h3-5,7-8H,1,6H2,2H3/b12-8+. The van der Waals surface area contributed by atoms with E-state index in [1.807, 2.05) is 0 Å². The number of nitro benzene ring substituents is 1. The van der Waals surface area contributed by atoms with Gasteiger partial charge in [0.2, 0.25) is 0 Å². The summed E-state index contributed by atoms with van der Waals surface area (Å²) >= 11 is 6.32. The molecule has 1 saturated heterocycles. The van der Waals surface area contributed by atoms with Crippen LogP contribution in [0.1, 0.15) is 11.1 Å². The second kappa shape index (κ2) is 6.19. The number of carbonyl (C=O) groups excluding carboxylic acids is 1. The maximum Gasteiger partial charge on any atom is 0.272 e. The van der Waals surface area contributed by atoms with Crippen molar-refractivity contribution in [1.29, 1.82) is 0 Å². The van der Waals surface area contributed by atoms with Gasteiger partial charge in [-0.25, -0.2) is 0 Å². The summed E-state index contributed by atoms with van der Waals surface area (Å²) in [7, 11) is 0. The molecule has 5 nitrogen and oxygen atoms in total. The van der Waals surface area contributed by atoms with E-state index in [0.717, 1.165) is 0 Å². The van der Waals surface area contributed by atoms with Gasteiger partial charge in [-0.1, -0.05) is 42.2 Å². The zero-order valence-corrected chi connectivity index (χ0v) is 12.9. The molecule has 0 spiro atoms. The van der Waals surface area contributed by atoms with E-state index in [0.29, 0.717) is 26.9 Å². The van der Waals surface area contributed by atoms with Crippen LogP contribution in [0.3, 0.4) is 0 Å². The molecule has 21 heavy (non-hydrogen) atoms. The lowest BCUT2D eigenvalue weighted by atomic mass is 10.1. The number of rotatable bonds is 4. The minimum absolute atomic E-state index is 0.0327. The molecular formula is C14H12N2O3S2. The first-order chi connectivity index (χ1) is 9.93. The average molecular weight is 320 g/mol. The summed E-state index contributed by atoms with van der Waals surface area (Å²) < 4.78 is 0.466. The SMILES string of the molecule is C=CCN1C(=O)/C(=C\c2ccc(C)c([N+](=O)[O-])c2)SC1=S. The number of amides is 1. The second-order valence-corrected chi connectivity index (χ2v) is 6.06. The fourth-order valence-corrected chi connectivity index (χ4v) is 3.13. The normalized spacial score (nSPS) is 16.6. The van der Waals surface area contributed by atoms with E-state index in [1.165, 1.54) is 22.7 Å². The summed E-state index contributed by atoms with van der Waals surface area (Å²) in [6.45, 7) is 5.61. The Balaban J connectivity index is 2.35. The van der Waals surface area contributed by atoms with E-state index < -0.39 is 4.92 Å². The van der Waals surface area contributed by atoms with Gasteiger partial charge in [0, 0.05) is 18.2 Å². The van der Waals surface area contributed by atoms with Gasteiger partial charge in [0.25, 0.3) is 11.6 Å². The van der Waals surface area contributed by atoms with Crippen molar-refractivity contribution in [3.8, 4) is 0 Å². The molecule has 1 fully saturated rings. The summed E-state index contributed by atoms with van der Waals surface area (Å²) in [6.07, 6.45) is 3.22. The Labute approximate surface area is 131 Å². The highest BCUT2D eigenvalue weighted by Crippen LogP contribution is 2.33. The molecular weight excluding hydrogens is 308 g/mol. The van der Waals surface area contributed by atoms with Crippen molar-refractivity contribution in [2.75, 3.05) is 6.54 Å². The molecule has 7 heteroatoms. The zero-order valence-electron chi connectivity index (χ0n) is 11.2. The van der Waals surface area contributed by atoms with Crippen molar-refractivity contribution in [3.63, 3.8) is 0 Å². The molecule has 1 heterocycles. The molecule has 0 saturated carbocycles. The Hall–Kier alpha value is -1.99. The van der Waals surface area contributed by atoms with Crippen molar-refractivity contribution in [3.05, 3.63) is 57.0 Å². The number of aryl methyl sites for hydroxylation is 1. The fourth-order valence-electron chi connectivity index (χ4n) is 1.85. The molecule has 0 aliphatic carbocycles. The quantitative estimate of drug-likeness (QED) is 0.280. The number of benzene rings is 1. The Morgan fingerprint density at radius 1 is 1.52 bits per heavy atom. The molecule has 1 aromatic rings. The summed E-state index contributed by atoms with van der Waals surface area (Å²) in [6, 6.07) is 4.85. The second-order valence-electron chi connectivity index (χ2n) is 4.38. The number of nitrogens with zero attached hydrogens (tertiary/aromatic N) is 2. The van der Waals surface area contributed by atoms with Gasteiger partial charge in [-0.05, 0) is 18.6 Å². The molecule has 1 aliphatic rings. The third kappa shape index (κ3) is 3.20. The highest BCUT2D eigenvalue weighted by Gasteiger charge is 2.31. The number of hydrogen-bond donors (Lipinski definition) is 0. The van der Waals surface area contributed by atoms with Crippen LogP contribution in [0.15, 0.2) is 35.8 Å². The molecule has 0 radical (unpaired) electrons. The molecule has 0 bridgehead atoms. The topological polar surface area (TPSA) is 63.5 Å². The van der Waals surface area contributed by atoms with Gasteiger partial charge in [0.05, 0.1) is 9.83 Å². The van der Waals surface area contributed by atoms with Crippen molar-refractivity contribution >= 4 is 46.0 Å². The Bertz CT molecular complexity index is 683. The first-order valence-corrected chi connectivity index (χ1v) is 7.28. The maximum atomic E-state index is 12.2. The predicted octanol–water partition coefficient (Wildman–Crippen LogP) is 3.29. The van der Waals surface area contributed by atoms with Crippen LogP contribution in [0.2, 0.25) is 0 Å². The maximum absolute atomic E-state index is 12.2. The number of carbonyl (C=O) groups is 1. The zero-order chi connectivity index (χ0) is 15.6. The largest absolute Gasteiger partial charge is 0.289 e. The summed E-state index contributed by atoms with van der Waals surface area (Å²) in [4.78, 5) is 24.6. The van der Waals surface area contributed by atoms with Crippen LogP contribution in [-0.2, 0) is 4.79 Å². The molecule has 1 aliphatic heterocycles. The average Bonchev–Trinajstić information content (AvgIpc) is 2.69. The van der Waals surface area contributed by atoms with Crippen molar-refractivity contribution in [2.45, 2.75) is 6.92 Å². The Morgan fingerprint density at radius 3 is 2.86 bits per heavy atom. The highest BCUT2D eigenvalue weighted by atomic mass is 32.2. The number of hydrogen-bond acceptors (Lipinski definition) is 5. The van der Waals surface area contributed by atoms with Crippen molar-refractivity contribution in [2.24, 2.45) is 0 Å². The highest BCUT2D eigenvalue weighted by molar-refractivity contribution is 8.26. The van der Waals surface area contributed by atoms with Crippen LogP contribution >= 0.6 is 24.0 Å². The summed E-state index contributed by atoms with van der Waals surface area (Å²) in [5.74, 6) is -0.201. The summed E-state index contributed by atoms with van der Waals surface area (Å²) in [5, 5.41) is 10.9. The minimum atomic E-state index is -0.435. The molecule has 0 aromatic heterocycles. The van der Waals surface area contributed by atoms with E-state index in [1.54, 1.807) is 31.2 Å². The minimum Gasteiger partial charge on any atom is -0.289 e. The third-order valence-electron chi connectivity index (χ3n) is 2.91. The molecule has 108 valence electrons. The lowest BCUT2D eigenvalue weighted by Gasteiger charge is -2.10. The number of nitro groups is 1. The van der Waals surface area contributed by atoms with E-state index >= 15 is 0 Å². The number of thioether (sulfide) groups is 1. The first-order valence-electron chi connectivity index (χ1n) is 6.05. The van der Waals surface area contributed by atoms with E-state index in [9.17, 15) is 14.9 Å². The van der Waals surface area contributed by atoms with Crippen LogP contribution in [0.25, 0.3) is 6.08 Å². The Kier molecular flexibility index (Phi) is 4.54. The lowest BCUT2D eigenvalue weighted by molar-refractivity contribution is -0.385. The first kappa shape index (κ1) is 15.4. The third-order valence-corrected chi connectivity index (χ3v) is 4.29. The predicted molar refractivity (Wildman–Crippen MR) is 87.9 cm³/mol. The molecule has 1 amide bonds. The van der Waals surface area contributed by atoms with Crippen LogP contribution in [0.4, 0.5) is 5.69 Å². The van der Waals surface area contributed by atoms with Crippen LogP contribution in [0, 0.1) is 17.0 Å². The fraction of sp³-hybridized carbons (Fsp3) is 0.143. The Morgan fingerprint density at radius 2 is 2.24 bits per heavy atom. The van der Waals surface area contributed by atoms with E-state index in [-0.39, 0.29) is 11.6 Å². The summed E-state index contributed by atoms with van der Waals surface area (Å²) in [5.41, 5.74) is 1.22. The molecule has 0 N–H and O–H groups in total. The van der Waals surface area contributed by atoms with Gasteiger partial charge in [0.1, 0.15) is 4.32 Å². The monoisotopic (exact) mass is 320 g/mol. The van der Waals surface area contributed by atoms with E-state index in [4.69, 9.17) is 12.2 Å². The van der Waals surface area contributed by atoms with Gasteiger partial charge < -0.3 is 0 Å². The van der Waals surface area contributed by atoms with Gasteiger partial charge in [-0.2, -0.15) is 0 Å². The van der Waals surface area contributed by atoms with Gasteiger partial charge >= 0.3 is 0 Å². The van der Waals surface area contributed by atoms with Crippen molar-refractivity contribution < 1.29 is 9.72 Å². The van der Waals surface area contributed by atoms with Crippen molar-refractivity contribution in [1.82, 2.24) is 4.90 Å². The molecule has 2 rings (SSSR count). The van der Waals surface area contributed by atoms with Gasteiger partial charge in [-0.15, -0.1) is 6.58 Å². The molecule has 1 aromatic carbocycles. The van der Waals surface area contributed by atoms with Crippen LogP contribution < -0.4 is 0 Å². The number of thiocarbonyl (C=S) groups is 1. The van der Waals surface area contributed by atoms with E-state index in [2.05, 4.69) is 6.58 Å². The van der Waals surface area contributed by atoms with Crippen LogP contribution in [0.5, 0.6) is 0 Å². The van der Waals surface area contributed by atoms with Gasteiger partial charge in [0.15, 0.2) is 0 Å². The molecule has 0 unspecified atom stereocenters.